The summed E-state index contributed by atoms with van der Waals surface area (Å²) < 4.78 is 82.1. The Labute approximate surface area is 496 Å². The molecule has 31 nitrogen and oxygen atoms in total. The Morgan fingerprint density at radius 1 is 0.447 bits per heavy atom. The van der Waals surface area contributed by atoms with Crippen LogP contribution in [0.3, 0.4) is 0 Å². The van der Waals surface area contributed by atoms with E-state index in [1.165, 1.54) is 0 Å². The van der Waals surface area contributed by atoms with Gasteiger partial charge in [-0.05, 0) is 58.8 Å². The molecular weight excluding hydrogens is 1140 g/mol. The van der Waals surface area contributed by atoms with Crippen molar-refractivity contribution in [3.63, 3.8) is 0 Å². The van der Waals surface area contributed by atoms with Gasteiger partial charge in [0.25, 0.3) is 0 Å². The highest BCUT2D eigenvalue weighted by molar-refractivity contribution is 5.90. The third kappa shape index (κ3) is 35.9. The number of ether oxygens (including phenoxy) is 15. The molecule has 3 rings (SSSR count). The molecule has 3 heterocycles. The third-order valence-corrected chi connectivity index (χ3v) is 13.3. The van der Waals surface area contributed by atoms with Gasteiger partial charge < -0.3 is 128 Å². The Hall–Kier alpha value is -3.49. The van der Waals surface area contributed by atoms with Crippen molar-refractivity contribution in [2.45, 2.75) is 158 Å². The molecule has 85 heavy (non-hydrogen) atoms. The number of aliphatic carboxylic acids is 1. The van der Waals surface area contributed by atoms with Crippen molar-refractivity contribution in [1.82, 2.24) is 21.3 Å². The number of rotatable bonds is 51. The molecule has 0 aromatic rings. The van der Waals surface area contributed by atoms with Gasteiger partial charge in [-0.15, -0.1) is 0 Å². The van der Waals surface area contributed by atoms with Crippen LogP contribution in [0.15, 0.2) is 0 Å². The highest BCUT2D eigenvalue weighted by Gasteiger charge is 2.37. The zero-order valence-electron chi connectivity index (χ0n) is 49.3. The summed E-state index contributed by atoms with van der Waals surface area (Å²) >= 11 is 0. The van der Waals surface area contributed by atoms with Crippen molar-refractivity contribution < 1.29 is 131 Å². The van der Waals surface area contributed by atoms with Gasteiger partial charge in [0, 0.05) is 32.4 Å². The molecule has 0 aromatic carbocycles. The number of aliphatic hydroxyl groups is 6. The summed E-state index contributed by atoms with van der Waals surface area (Å²) in [6, 6.07) is -2.44. The molecule has 11 N–H and O–H groups in total. The van der Waals surface area contributed by atoms with Crippen molar-refractivity contribution in [2.24, 2.45) is 0 Å². The normalized spacial score (nSPS) is 25.0. The Morgan fingerprint density at radius 2 is 0.847 bits per heavy atom. The monoisotopic (exact) mass is 1230 g/mol. The SMILES string of the molecule is C[C@H]1O[C@@H](OCCOCCOCCOCC(=O)NCCCC[C@H](NC(=O)[C@H](CCCCNC(=O)COCCOCCOCCO[C@H]2C[C@@H](O)[C@@H](O)[C@@H](CO)O2)NC(=O)COCCOCCOCCO[C@H]2CC[C@@H](O)[C@@H](C)O2)C(=O)O)C[C@@H](O)[C@H]1O. The first-order valence-electron chi connectivity index (χ1n) is 29.5. The summed E-state index contributed by atoms with van der Waals surface area (Å²) in [4.78, 5) is 63.4. The first kappa shape index (κ1) is 75.8. The maximum Gasteiger partial charge on any atom is 0.326 e. The summed E-state index contributed by atoms with van der Waals surface area (Å²) in [5.41, 5.74) is 0. The molecule has 0 bridgehead atoms. The van der Waals surface area contributed by atoms with Gasteiger partial charge in [-0.2, -0.15) is 0 Å². The van der Waals surface area contributed by atoms with Gasteiger partial charge in [-0.1, -0.05) is 0 Å². The molecule has 0 saturated carbocycles. The number of nitrogens with one attached hydrogen (secondary N) is 4. The molecular formula is C54H98N4O27. The number of carboxylic acid groups (broad SMARTS) is 1. The largest absolute Gasteiger partial charge is 0.480 e. The summed E-state index contributed by atoms with van der Waals surface area (Å²) in [5.74, 6) is -3.39. The van der Waals surface area contributed by atoms with Crippen LogP contribution in [0.25, 0.3) is 0 Å². The van der Waals surface area contributed by atoms with E-state index in [2.05, 4.69) is 21.3 Å². The Morgan fingerprint density at radius 3 is 1.29 bits per heavy atom. The number of carboxylic acids is 1. The molecule has 0 aromatic heterocycles. The number of aliphatic hydroxyl groups excluding tert-OH is 6. The maximum absolute atomic E-state index is 13.5. The first-order chi connectivity index (χ1) is 41.1. The second-order valence-corrected chi connectivity index (χ2v) is 20.2. The number of hydrogen-bond acceptors (Lipinski definition) is 26. The van der Waals surface area contributed by atoms with Crippen molar-refractivity contribution in [3.8, 4) is 0 Å². The molecule has 3 fully saturated rings. The molecule has 4 amide bonds. The van der Waals surface area contributed by atoms with E-state index in [-0.39, 0.29) is 169 Å². The number of amides is 4. The number of hydrogen-bond donors (Lipinski definition) is 11. The minimum atomic E-state index is -1.30. The molecule has 0 radical (unpaired) electrons. The van der Waals surface area contributed by atoms with Crippen LogP contribution in [-0.4, -0.2) is 304 Å². The third-order valence-electron chi connectivity index (χ3n) is 13.3. The van der Waals surface area contributed by atoms with E-state index >= 15 is 0 Å². The second-order valence-electron chi connectivity index (χ2n) is 20.2. The molecule has 0 aliphatic carbocycles. The van der Waals surface area contributed by atoms with E-state index in [0.717, 1.165) is 0 Å². The minimum absolute atomic E-state index is 0.0327. The molecule has 0 unspecified atom stereocenters. The lowest BCUT2D eigenvalue weighted by molar-refractivity contribution is -0.259. The fraction of sp³-hybridized carbons (Fsp3) is 0.907. The fourth-order valence-corrected chi connectivity index (χ4v) is 8.44. The van der Waals surface area contributed by atoms with Crippen molar-refractivity contribution in [1.29, 1.82) is 0 Å². The van der Waals surface area contributed by atoms with E-state index in [9.17, 15) is 59.7 Å². The van der Waals surface area contributed by atoms with Gasteiger partial charge in [0.1, 0.15) is 50.2 Å². The average molecular weight is 1240 g/mol. The molecule has 0 spiro atoms. The lowest BCUT2D eigenvalue weighted by Crippen LogP contribution is -2.52. The van der Waals surface area contributed by atoms with Gasteiger partial charge >= 0.3 is 5.97 Å². The van der Waals surface area contributed by atoms with Crippen LogP contribution in [0.2, 0.25) is 0 Å². The van der Waals surface area contributed by atoms with Crippen LogP contribution >= 0.6 is 0 Å². The smallest absolute Gasteiger partial charge is 0.326 e. The molecule has 13 atom stereocenters. The molecule has 3 saturated heterocycles. The lowest BCUT2D eigenvalue weighted by Gasteiger charge is -2.35. The minimum Gasteiger partial charge on any atom is -0.480 e. The quantitative estimate of drug-likeness (QED) is 0.0262. The van der Waals surface area contributed by atoms with E-state index in [1.807, 2.05) is 0 Å². The molecule has 3 aliphatic heterocycles. The van der Waals surface area contributed by atoms with Crippen LogP contribution in [0.1, 0.15) is 78.1 Å². The zero-order chi connectivity index (χ0) is 61.9. The van der Waals surface area contributed by atoms with Gasteiger partial charge in [0.05, 0.1) is 156 Å². The maximum atomic E-state index is 13.5. The second kappa shape index (κ2) is 47.5. The van der Waals surface area contributed by atoms with Gasteiger partial charge in [-0.25, -0.2) is 4.79 Å². The summed E-state index contributed by atoms with van der Waals surface area (Å²) in [5, 5.41) is 78.9. The molecule has 3 aliphatic rings. The van der Waals surface area contributed by atoms with E-state index in [0.29, 0.717) is 65.0 Å². The standard InChI is InChI=1S/C54H98N4O27/c1-37-41(60)9-10-48(83-37)80-28-25-74-16-13-73-21-24-79-36-47(65)57-39(7-3-5-11-55-45(63)34-77-22-20-72-15-18-76-27-30-82-50-32-43(62)52(67)44(33-59)85-50)53(68)58-40(54(69)70)8-4-6-12-56-46(64)35-78-23-19-71-14-17-75-26-29-81-49-31-42(61)51(66)38(2)84-49/h37-44,48-52,59-62,66-67H,3-36H2,1-2H3,(H,55,63)(H,56,64)(H,57,65)(H,58,68)(H,69,70)/t37-,38-,39+,40+,41-,42-,43-,44-,48-,49-,50-,51+,52-/m1/s1. The van der Waals surface area contributed by atoms with Crippen molar-refractivity contribution in [3.05, 3.63) is 0 Å². The molecule has 31 heteroatoms. The number of carbonyl (C=O) groups is 5. The van der Waals surface area contributed by atoms with Crippen LogP contribution < -0.4 is 21.3 Å². The summed E-state index contributed by atoms with van der Waals surface area (Å²) in [6.45, 7) is 6.68. The van der Waals surface area contributed by atoms with Crippen molar-refractivity contribution in [2.75, 3.05) is 158 Å². The van der Waals surface area contributed by atoms with Crippen molar-refractivity contribution >= 4 is 29.6 Å². The van der Waals surface area contributed by atoms with Crippen LogP contribution in [0.4, 0.5) is 0 Å². The van der Waals surface area contributed by atoms with E-state index < -0.39 is 98.4 Å². The number of unbranched alkanes of at least 4 members (excludes halogenated alkanes) is 2. The molecule has 496 valence electrons. The Bertz CT molecular complexity index is 1760. The van der Waals surface area contributed by atoms with Gasteiger partial charge in [0.2, 0.25) is 23.6 Å². The van der Waals surface area contributed by atoms with E-state index in [1.54, 1.807) is 13.8 Å². The fourth-order valence-electron chi connectivity index (χ4n) is 8.44. The number of carbonyl (C=O) groups excluding carboxylic acids is 4. The average Bonchev–Trinajstić information content (AvgIpc) is 3.57. The predicted molar refractivity (Wildman–Crippen MR) is 293 cm³/mol. The van der Waals surface area contributed by atoms with Gasteiger partial charge in [-0.3, -0.25) is 19.2 Å². The lowest BCUT2D eigenvalue weighted by atomic mass is 10.0. The highest BCUT2D eigenvalue weighted by atomic mass is 16.7. The Kier molecular flexibility index (Phi) is 42.3. The van der Waals surface area contributed by atoms with Gasteiger partial charge in [0.15, 0.2) is 18.9 Å². The topological polar surface area (TPSA) is 414 Å². The predicted octanol–water partition coefficient (Wildman–Crippen LogP) is -3.62. The summed E-state index contributed by atoms with van der Waals surface area (Å²) in [7, 11) is 0. The Balaban J connectivity index is 1.27. The highest BCUT2D eigenvalue weighted by Crippen LogP contribution is 2.23. The summed E-state index contributed by atoms with van der Waals surface area (Å²) in [6.07, 6.45) is -5.14. The van der Waals surface area contributed by atoms with Crippen LogP contribution in [-0.2, 0) is 95.0 Å². The van der Waals surface area contributed by atoms with Crippen LogP contribution in [0.5, 0.6) is 0 Å². The van der Waals surface area contributed by atoms with E-state index in [4.69, 9.17) is 71.1 Å². The first-order valence-corrected chi connectivity index (χ1v) is 29.5. The zero-order valence-corrected chi connectivity index (χ0v) is 49.3. The van der Waals surface area contributed by atoms with Crippen LogP contribution in [0, 0.1) is 0 Å².